The lowest BCUT2D eigenvalue weighted by atomic mass is 10.2. The van der Waals surface area contributed by atoms with E-state index in [2.05, 4.69) is 62.0 Å². The van der Waals surface area contributed by atoms with Crippen molar-refractivity contribution in [3.63, 3.8) is 0 Å². The van der Waals surface area contributed by atoms with E-state index in [0.29, 0.717) is 12.1 Å². The second-order valence-corrected chi connectivity index (χ2v) is 7.28. The maximum Gasteiger partial charge on any atom is 0.00787 e. The lowest BCUT2D eigenvalue weighted by Crippen LogP contribution is -2.35. The van der Waals surface area contributed by atoms with Gasteiger partial charge in [-0.05, 0) is 91.9 Å². The van der Waals surface area contributed by atoms with E-state index in [4.69, 9.17) is 0 Å². The fraction of sp³-hybridized carbons (Fsp3) is 1.00. The summed E-state index contributed by atoms with van der Waals surface area (Å²) in [4.78, 5) is 5.07. The highest BCUT2D eigenvalue weighted by molar-refractivity contribution is 4.67. The molecule has 0 aromatic heterocycles. The third-order valence-corrected chi connectivity index (χ3v) is 5.56. The predicted molar refractivity (Wildman–Crippen MR) is 114 cm³/mol. The van der Waals surface area contributed by atoms with Crippen LogP contribution < -0.4 is 10.6 Å². The number of unbranched alkanes of at least 4 members (excludes halogenated alkanes) is 2. The van der Waals surface area contributed by atoms with Gasteiger partial charge in [0.15, 0.2) is 0 Å². The van der Waals surface area contributed by atoms with E-state index in [1.807, 2.05) is 0 Å². The Hall–Kier alpha value is -0.160. The van der Waals surface area contributed by atoms with Gasteiger partial charge in [0.25, 0.3) is 0 Å². The van der Waals surface area contributed by atoms with Gasteiger partial charge in [-0.25, -0.2) is 0 Å². The Labute approximate surface area is 159 Å². The average molecular weight is 357 g/mol. The second kappa shape index (κ2) is 17.3. The topological polar surface area (TPSA) is 30.5 Å². The first kappa shape index (κ1) is 24.8. The molecule has 0 saturated heterocycles. The third-order valence-electron chi connectivity index (χ3n) is 5.56. The monoisotopic (exact) mass is 356 g/mol. The molecule has 0 fully saturated rings. The van der Waals surface area contributed by atoms with Crippen molar-refractivity contribution in [1.29, 1.82) is 0 Å². The van der Waals surface area contributed by atoms with E-state index in [1.165, 1.54) is 71.4 Å². The maximum absolute atomic E-state index is 3.61. The number of nitrogens with one attached hydrogen (secondary N) is 2. The van der Waals surface area contributed by atoms with E-state index in [-0.39, 0.29) is 0 Å². The number of hydrogen-bond donors (Lipinski definition) is 2. The first-order valence-electron chi connectivity index (χ1n) is 11.0. The van der Waals surface area contributed by atoms with Crippen molar-refractivity contribution in [3.8, 4) is 0 Å². The maximum atomic E-state index is 3.61. The zero-order chi connectivity index (χ0) is 18.9. The van der Waals surface area contributed by atoms with E-state index in [1.54, 1.807) is 0 Å². The van der Waals surface area contributed by atoms with Crippen LogP contribution in [0.3, 0.4) is 0 Å². The summed E-state index contributed by atoms with van der Waals surface area (Å²) in [5, 5.41) is 7.22. The minimum atomic E-state index is 0.699. The summed E-state index contributed by atoms with van der Waals surface area (Å²) < 4.78 is 0. The first-order valence-corrected chi connectivity index (χ1v) is 11.0. The Balaban J connectivity index is 3.37. The highest BCUT2D eigenvalue weighted by Gasteiger charge is 2.09. The van der Waals surface area contributed by atoms with Crippen LogP contribution in [-0.4, -0.2) is 74.2 Å². The quantitative estimate of drug-likeness (QED) is 0.368. The normalized spacial score (nSPS) is 14.4. The lowest BCUT2D eigenvalue weighted by Gasteiger charge is -2.26. The van der Waals surface area contributed by atoms with Gasteiger partial charge in [-0.15, -0.1) is 0 Å². The molecule has 2 N–H and O–H groups in total. The second-order valence-electron chi connectivity index (χ2n) is 7.28. The fourth-order valence-corrected chi connectivity index (χ4v) is 3.61. The molecule has 0 bridgehead atoms. The highest BCUT2D eigenvalue weighted by Crippen LogP contribution is 2.03. The smallest absolute Gasteiger partial charge is 0.00787 e. The van der Waals surface area contributed by atoms with Crippen LogP contribution in [-0.2, 0) is 0 Å². The molecule has 0 aliphatic rings. The SMILES string of the molecule is CCN(CC)C(C)CCNCCCCCNCCC(C)N(CC)CC. The van der Waals surface area contributed by atoms with Gasteiger partial charge in [0.2, 0.25) is 0 Å². The summed E-state index contributed by atoms with van der Waals surface area (Å²) in [7, 11) is 0. The van der Waals surface area contributed by atoms with Crippen LogP contribution in [0.25, 0.3) is 0 Å². The minimum Gasteiger partial charge on any atom is -0.317 e. The van der Waals surface area contributed by atoms with E-state index < -0.39 is 0 Å². The molecular formula is C21H48N4. The summed E-state index contributed by atoms with van der Waals surface area (Å²) in [6, 6.07) is 1.40. The molecule has 0 rings (SSSR count). The number of nitrogens with zero attached hydrogens (tertiary/aromatic N) is 2. The van der Waals surface area contributed by atoms with Crippen LogP contribution in [0.2, 0.25) is 0 Å². The summed E-state index contributed by atoms with van der Waals surface area (Å²) >= 11 is 0. The minimum absolute atomic E-state index is 0.699. The molecule has 0 saturated carbocycles. The molecule has 4 nitrogen and oxygen atoms in total. The molecule has 152 valence electrons. The largest absolute Gasteiger partial charge is 0.317 e. The molecule has 0 aromatic carbocycles. The van der Waals surface area contributed by atoms with Crippen LogP contribution >= 0.6 is 0 Å². The summed E-state index contributed by atoms with van der Waals surface area (Å²) in [5.74, 6) is 0. The highest BCUT2D eigenvalue weighted by atomic mass is 15.1. The van der Waals surface area contributed by atoms with Crippen LogP contribution in [0.1, 0.15) is 73.6 Å². The van der Waals surface area contributed by atoms with E-state index in [9.17, 15) is 0 Å². The summed E-state index contributed by atoms with van der Waals surface area (Å²) in [6.07, 6.45) is 6.45. The Morgan fingerprint density at radius 3 is 1.24 bits per heavy atom. The predicted octanol–water partition coefficient (Wildman–Crippen LogP) is 3.58. The molecule has 0 spiro atoms. The fourth-order valence-electron chi connectivity index (χ4n) is 3.61. The van der Waals surface area contributed by atoms with E-state index >= 15 is 0 Å². The van der Waals surface area contributed by atoms with Crippen molar-refractivity contribution in [3.05, 3.63) is 0 Å². The summed E-state index contributed by atoms with van der Waals surface area (Å²) in [5.41, 5.74) is 0. The molecule has 4 heteroatoms. The average Bonchev–Trinajstić information content (AvgIpc) is 2.61. The summed E-state index contributed by atoms with van der Waals surface area (Å²) in [6.45, 7) is 23.0. The molecule has 0 aliphatic carbocycles. The standard InChI is InChI=1S/C21H48N4/c1-7-24(8-2)20(5)14-18-22-16-12-11-13-17-23-19-15-21(6)25(9-3)10-4/h20-23H,7-19H2,1-6H3. The Morgan fingerprint density at radius 1 is 0.560 bits per heavy atom. The van der Waals surface area contributed by atoms with Gasteiger partial charge in [-0.1, -0.05) is 34.1 Å². The lowest BCUT2D eigenvalue weighted by molar-refractivity contribution is 0.219. The van der Waals surface area contributed by atoms with Gasteiger partial charge in [-0.2, -0.15) is 0 Å². The Kier molecular flexibility index (Phi) is 17.2. The van der Waals surface area contributed by atoms with Gasteiger partial charge < -0.3 is 20.4 Å². The molecular weight excluding hydrogens is 308 g/mol. The van der Waals surface area contributed by atoms with Gasteiger partial charge in [-0.3, -0.25) is 0 Å². The molecule has 0 aromatic rings. The molecule has 0 radical (unpaired) electrons. The van der Waals surface area contributed by atoms with Crippen LogP contribution in [0.5, 0.6) is 0 Å². The van der Waals surface area contributed by atoms with Gasteiger partial charge >= 0.3 is 0 Å². The molecule has 25 heavy (non-hydrogen) atoms. The van der Waals surface area contributed by atoms with Crippen LogP contribution in [0, 0.1) is 0 Å². The van der Waals surface area contributed by atoms with Crippen molar-refractivity contribution in [2.45, 2.75) is 85.7 Å². The van der Waals surface area contributed by atoms with Crippen molar-refractivity contribution in [2.75, 3.05) is 52.4 Å². The van der Waals surface area contributed by atoms with E-state index in [0.717, 1.165) is 13.1 Å². The zero-order valence-corrected chi connectivity index (χ0v) is 18.2. The van der Waals surface area contributed by atoms with Crippen molar-refractivity contribution < 1.29 is 0 Å². The van der Waals surface area contributed by atoms with Crippen molar-refractivity contribution in [1.82, 2.24) is 20.4 Å². The van der Waals surface area contributed by atoms with Gasteiger partial charge in [0.05, 0.1) is 0 Å². The van der Waals surface area contributed by atoms with Gasteiger partial charge in [0.1, 0.15) is 0 Å². The number of hydrogen-bond acceptors (Lipinski definition) is 4. The molecule has 0 heterocycles. The van der Waals surface area contributed by atoms with Crippen molar-refractivity contribution in [2.24, 2.45) is 0 Å². The van der Waals surface area contributed by atoms with Crippen LogP contribution in [0.15, 0.2) is 0 Å². The Morgan fingerprint density at radius 2 is 0.920 bits per heavy atom. The first-order chi connectivity index (χ1) is 12.1. The Bertz CT molecular complexity index is 239. The third kappa shape index (κ3) is 12.8. The molecule has 2 atom stereocenters. The van der Waals surface area contributed by atoms with Gasteiger partial charge in [0, 0.05) is 12.1 Å². The van der Waals surface area contributed by atoms with Crippen LogP contribution in [0.4, 0.5) is 0 Å². The molecule has 2 unspecified atom stereocenters. The number of rotatable bonds is 18. The zero-order valence-electron chi connectivity index (χ0n) is 18.2. The molecule has 0 aliphatic heterocycles. The molecule has 0 amide bonds. The van der Waals surface area contributed by atoms with Crippen molar-refractivity contribution >= 4 is 0 Å².